The molecule has 0 bridgehead atoms. The third kappa shape index (κ3) is 4.26. The van der Waals surface area contributed by atoms with E-state index >= 15 is 0 Å². The van der Waals surface area contributed by atoms with Crippen molar-refractivity contribution in [2.75, 3.05) is 6.61 Å². The molecule has 2 aromatic carbocycles. The van der Waals surface area contributed by atoms with Crippen molar-refractivity contribution in [3.8, 4) is 5.75 Å². The van der Waals surface area contributed by atoms with Crippen molar-refractivity contribution in [1.29, 1.82) is 0 Å². The number of aryl methyl sites for hydroxylation is 1. The minimum atomic E-state index is -0.896. The Bertz CT molecular complexity index is 725. The lowest BCUT2D eigenvalue weighted by Crippen LogP contribution is -2.42. The summed E-state index contributed by atoms with van der Waals surface area (Å²) in [5.74, 6) is 0.878. The van der Waals surface area contributed by atoms with E-state index in [4.69, 9.17) is 9.47 Å². The molecular weight excluding hydrogens is 328 g/mol. The molecule has 0 aliphatic carbocycles. The Labute approximate surface area is 155 Å². The predicted molar refractivity (Wildman–Crippen MR) is 102 cm³/mol. The molecular formula is C22H28O4. The Kier molecular flexibility index (Phi) is 5.97. The Morgan fingerprint density at radius 2 is 1.85 bits per heavy atom. The molecule has 2 aromatic rings. The topological polar surface area (TPSA) is 58.9 Å². The number of hydrogen-bond donors (Lipinski definition) is 2. The monoisotopic (exact) mass is 356 g/mol. The fourth-order valence-corrected chi connectivity index (χ4v) is 3.49. The summed E-state index contributed by atoms with van der Waals surface area (Å²) >= 11 is 0. The van der Waals surface area contributed by atoms with Crippen LogP contribution in [0.2, 0.25) is 0 Å². The van der Waals surface area contributed by atoms with E-state index in [-0.39, 0.29) is 6.10 Å². The minimum Gasteiger partial charge on any atom is -0.494 e. The van der Waals surface area contributed by atoms with Gasteiger partial charge in [-0.2, -0.15) is 0 Å². The van der Waals surface area contributed by atoms with Crippen molar-refractivity contribution in [1.82, 2.24) is 0 Å². The molecule has 0 unspecified atom stereocenters. The molecule has 3 rings (SSSR count). The molecule has 4 atom stereocenters. The number of aliphatic hydroxyl groups is 2. The van der Waals surface area contributed by atoms with Crippen LogP contribution in [0.1, 0.15) is 48.6 Å². The van der Waals surface area contributed by atoms with E-state index < -0.39 is 18.3 Å². The predicted octanol–water partition coefficient (Wildman–Crippen LogP) is 3.56. The average Bonchev–Trinajstić information content (AvgIpc) is 2.62. The van der Waals surface area contributed by atoms with Crippen molar-refractivity contribution in [2.45, 2.75) is 58.0 Å². The highest BCUT2D eigenvalue weighted by Gasteiger charge is 2.36. The summed E-state index contributed by atoms with van der Waals surface area (Å²) < 4.78 is 11.4. The Balaban J connectivity index is 1.81. The molecule has 0 saturated carbocycles. The van der Waals surface area contributed by atoms with Gasteiger partial charge in [0.2, 0.25) is 0 Å². The van der Waals surface area contributed by atoms with E-state index in [0.29, 0.717) is 13.0 Å². The molecule has 0 spiro atoms. The van der Waals surface area contributed by atoms with Crippen LogP contribution >= 0.6 is 0 Å². The molecule has 1 aliphatic rings. The van der Waals surface area contributed by atoms with Crippen LogP contribution in [0.4, 0.5) is 0 Å². The molecule has 1 heterocycles. The molecule has 0 amide bonds. The second-order valence-electron chi connectivity index (χ2n) is 7.10. The maximum Gasteiger partial charge on any atom is 0.119 e. The van der Waals surface area contributed by atoms with Gasteiger partial charge >= 0.3 is 0 Å². The van der Waals surface area contributed by atoms with Crippen LogP contribution in [-0.2, 0) is 11.2 Å². The first kappa shape index (κ1) is 18.9. The summed E-state index contributed by atoms with van der Waals surface area (Å²) in [7, 11) is 0. The van der Waals surface area contributed by atoms with Crippen LogP contribution in [-0.4, -0.2) is 35.1 Å². The van der Waals surface area contributed by atoms with E-state index in [0.717, 1.165) is 17.7 Å². The zero-order valence-corrected chi connectivity index (χ0v) is 15.7. The quantitative estimate of drug-likeness (QED) is 0.860. The number of aliphatic hydroxyl groups excluding tert-OH is 2. The van der Waals surface area contributed by atoms with E-state index in [1.54, 1.807) is 0 Å². The molecule has 0 radical (unpaired) electrons. The van der Waals surface area contributed by atoms with E-state index in [1.807, 2.05) is 32.0 Å². The van der Waals surface area contributed by atoms with Crippen LogP contribution in [0.5, 0.6) is 5.75 Å². The summed E-state index contributed by atoms with van der Waals surface area (Å²) in [5, 5.41) is 20.4. The van der Waals surface area contributed by atoms with Crippen LogP contribution < -0.4 is 4.74 Å². The largest absolute Gasteiger partial charge is 0.494 e. The van der Waals surface area contributed by atoms with Gasteiger partial charge in [-0.15, -0.1) is 0 Å². The molecule has 1 aliphatic heterocycles. The van der Waals surface area contributed by atoms with Crippen molar-refractivity contribution in [3.05, 3.63) is 64.7 Å². The smallest absolute Gasteiger partial charge is 0.119 e. The van der Waals surface area contributed by atoms with Gasteiger partial charge in [0.15, 0.2) is 0 Å². The first-order valence-electron chi connectivity index (χ1n) is 9.30. The molecule has 4 nitrogen and oxygen atoms in total. The summed E-state index contributed by atoms with van der Waals surface area (Å²) in [5.41, 5.74) is 4.50. The zero-order valence-electron chi connectivity index (χ0n) is 15.7. The highest BCUT2D eigenvalue weighted by molar-refractivity contribution is 5.38. The average molecular weight is 356 g/mol. The third-order valence-corrected chi connectivity index (χ3v) is 4.99. The Hall–Kier alpha value is -1.88. The molecule has 1 saturated heterocycles. The van der Waals surface area contributed by atoms with Crippen molar-refractivity contribution >= 4 is 0 Å². The SMILES string of the molecule is CCOc1ccc(Cc2cc([C@@H]3O[C@H](C)C[C@H](O)[C@H]3O)ccc2C)cc1. The van der Waals surface area contributed by atoms with Crippen LogP contribution in [0.3, 0.4) is 0 Å². The van der Waals surface area contributed by atoms with E-state index in [2.05, 4.69) is 31.2 Å². The van der Waals surface area contributed by atoms with Crippen molar-refractivity contribution in [2.24, 2.45) is 0 Å². The van der Waals surface area contributed by atoms with E-state index in [9.17, 15) is 10.2 Å². The van der Waals surface area contributed by atoms with Gasteiger partial charge in [-0.05, 0) is 61.6 Å². The molecule has 2 N–H and O–H groups in total. The number of benzene rings is 2. The molecule has 0 aromatic heterocycles. The van der Waals surface area contributed by atoms with E-state index in [1.165, 1.54) is 16.7 Å². The summed E-state index contributed by atoms with van der Waals surface area (Å²) in [6, 6.07) is 14.3. The maximum atomic E-state index is 10.4. The van der Waals surface area contributed by atoms with Gasteiger partial charge in [0.05, 0.1) is 18.8 Å². The molecule has 26 heavy (non-hydrogen) atoms. The normalized spacial score (nSPS) is 25.9. The lowest BCUT2D eigenvalue weighted by Gasteiger charge is -2.36. The highest BCUT2D eigenvalue weighted by Crippen LogP contribution is 2.33. The first-order chi connectivity index (χ1) is 12.5. The standard InChI is InChI=1S/C22H28O4/c1-4-25-19-9-6-16(7-10-19)12-18-13-17(8-5-14(18)2)22-21(24)20(23)11-15(3)26-22/h5-10,13,15,20-24H,4,11-12H2,1-3H3/t15-,20+,21-,22+/m1/s1. The third-order valence-electron chi connectivity index (χ3n) is 4.99. The lowest BCUT2D eigenvalue weighted by atomic mass is 9.90. The summed E-state index contributed by atoms with van der Waals surface area (Å²) in [4.78, 5) is 0. The first-order valence-corrected chi connectivity index (χ1v) is 9.30. The van der Waals surface area contributed by atoms with Gasteiger partial charge in [0, 0.05) is 6.42 Å². The molecule has 1 fully saturated rings. The highest BCUT2D eigenvalue weighted by atomic mass is 16.5. The van der Waals surface area contributed by atoms with Gasteiger partial charge in [-0.25, -0.2) is 0 Å². The minimum absolute atomic E-state index is 0.0748. The fourth-order valence-electron chi connectivity index (χ4n) is 3.49. The van der Waals surface area contributed by atoms with Gasteiger partial charge in [0.1, 0.15) is 18.0 Å². The summed E-state index contributed by atoms with van der Waals surface area (Å²) in [6.45, 7) is 6.65. The number of hydrogen-bond acceptors (Lipinski definition) is 4. The number of rotatable bonds is 5. The van der Waals surface area contributed by atoms with Crippen LogP contribution in [0.15, 0.2) is 42.5 Å². The molecule has 4 heteroatoms. The zero-order chi connectivity index (χ0) is 18.7. The van der Waals surface area contributed by atoms with Crippen molar-refractivity contribution < 1.29 is 19.7 Å². The number of ether oxygens (including phenoxy) is 2. The van der Waals surface area contributed by atoms with Gasteiger partial charge < -0.3 is 19.7 Å². The molecule has 140 valence electrons. The van der Waals surface area contributed by atoms with Crippen molar-refractivity contribution in [3.63, 3.8) is 0 Å². The fraction of sp³-hybridized carbons (Fsp3) is 0.455. The Morgan fingerprint density at radius 1 is 1.12 bits per heavy atom. The van der Waals surface area contributed by atoms with Gasteiger partial charge in [-0.3, -0.25) is 0 Å². The maximum absolute atomic E-state index is 10.4. The van der Waals surface area contributed by atoms with Gasteiger partial charge in [0.25, 0.3) is 0 Å². The second kappa shape index (κ2) is 8.21. The van der Waals surface area contributed by atoms with Gasteiger partial charge in [-0.1, -0.05) is 30.3 Å². The summed E-state index contributed by atoms with van der Waals surface area (Å²) in [6.07, 6.45) is -0.954. The Morgan fingerprint density at radius 3 is 2.54 bits per heavy atom. The second-order valence-corrected chi connectivity index (χ2v) is 7.10. The van der Waals surface area contributed by atoms with Crippen LogP contribution in [0.25, 0.3) is 0 Å². The lowest BCUT2D eigenvalue weighted by molar-refractivity contribution is -0.166. The van der Waals surface area contributed by atoms with Crippen LogP contribution in [0, 0.1) is 6.92 Å².